The maximum absolute atomic E-state index is 13.9. The van der Waals surface area contributed by atoms with Gasteiger partial charge in [-0.25, -0.2) is 4.39 Å². The predicted octanol–water partition coefficient (Wildman–Crippen LogP) is 3.12. The van der Waals surface area contributed by atoms with Crippen molar-refractivity contribution in [3.05, 3.63) is 53.8 Å². The lowest BCUT2D eigenvalue weighted by Gasteiger charge is -2.36. The van der Waals surface area contributed by atoms with Gasteiger partial charge in [0.05, 0.1) is 12.8 Å². The van der Waals surface area contributed by atoms with Crippen LogP contribution in [0.5, 0.6) is 11.5 Å². The van der Waals surface area contributed by atoms with E-state index in [1.54, 1.807) is 19.2 Å². The Hall–Kier alpha value is -2.60. The molecule has 1 aliphatic heterocycles. The number of carbonyl (C=O) groups excluding carboxylic acids is 1. The monoisotopic (exact) mass is 372 g/mol. The third kappa shape index (κ3) is 4.98. The van der Waals surface area contributed by atoms with Crippen LogP contribution in [-0.4, -0.2) is 50.7 Å². The number of rotatable bonds is 6. The fourth-order valence-electron chi connectivity index (χ4n) is 3.31. The number of para-hydroxylation sites is 1. The lowest BCUT2D eigenvalue weighted by molar-refractivity contribution is -0.132. The highest BCUT2D eigenvalue weighted by molar-refractivity contribution is 5.70. The summed E-state index contributed by atoms with van der Waals surface area (Å²) in [6, 6.07) is 12.6. The smallest absolute Gasteiger partial charge is 0.308 e. The first-order valence-electron chi connectivity index (χ1n) is 9.14. The number of benzene rings is 2. The number of carbonyl (C=O) groups is 1. The highest BCUT2D eigenvalue weighted by atomic mass is 19.1. The third-order valence-electron chi connectivity index (χ3n) is 4.76. The summed E-state index contributed by atoms with van der Waals surface area (Å²) in [7, 11) is 1.56. The maximum Gasteiger partial charge on any atom is 0.308 e. The van der Waals surface area contributed by atoms with Gasteiger partial charge in [-0.15, -0.1) is 0 Å². The van der Waals surface area contributed by atoms with Crippen molar-refractivity contribution in [1.29, 1.82) is 0 Å². The second kappa shape index (κ2) is 8.86. The van der Waals surface area contributed by atoms with E-state index in [1.165, 1.54) is 13.0 Å². The Balaban J connectivity index is 1.53. The van der Waals surface area contributed by atoms with Gasteiger partial charge >= 0.3 is 5.97 Å². The molecule has 0 aromatic heterocycles. The minimum atomic E-state index is -0.367. The van der Waals surface area contributed by atoms with Crippen LogP contribution in [0.15, 0.2) is 42.5 Å². The van der Waals surface area contributed by atoms with Gasteiger partial charge in [0.25, 0.3) is 0 Å². The summed E-state index contributed by atoms with van der Waals surface area (Å²) in [4.78, 5) is 15.6. The highest BCUT2D eigenvalue weighted by Crippen LogP contribution is 2.28. The zero-order chi connectivity index (χ0) is 19.2. The SMILES string of the molecule is COc1cc(CCN2CCN(c3ccccc3F)CC2)ccc1OC(C)=O. The molecule has 144 valence electrons. The van der Waals surface area contributed by atoms with Gasteiger partial charge in [-0.05, 0) is 36.2 Å². The van der Waals surface area contributed by atoms with Crippen LogP contribution in [0, 0.1) is 5.82 Å². The highest BCUT2D eigenvalue weighted by Gasteiger charge is 2.19. The first-order chi connectivity index (χ1) is 13.1. The van der Waals surface area contributed by atoms with Crippen molar-refractivity contribution in [2.45, 2.75) is 13.3 Å². The molecule has 3 rings (SSSR count). The molecule has 0 unspecified atom stereocenters. The normalized spacial score (nSPS) is 14.9. The van der Waals surface area contributed by atoms with Crippen LogP contribution >= 0.6 is 0 Å². The standard InChI is InChI=1S/C21H25FN2O3/c1-16(25)27-20-8-7-17(15-21(20)26-2)9-10-23-11-13-24(14-12-23)19-6-4-3-5-18(19)22/h3-8,15H,9-14H2,1-2H3. The number of ether oxygens (including phenoxy) is 2. The summed E-state index contributed by atoms with van der Waals surface area (Å²) in [6.07, 6.45) is 0.871. The summed E-state index contributed by atoms with van der Waals surface area (Å²) < 4.78 is 24.4. The number of anilines is 1. The van der Waals surface area contributed by atoms with Crippen LogP contribution in [-0.2, 0) is 11.2 Å². The molecule has 0 N–H and O–H groups in total. The summed E-state index contributed by atoms with van der Waals surface area (Å²) >= 11 is 0. The number of piperazine rings is 1. The van der Waals surface area contributed by atoms with E-state index in [0.717, 1.165) is 44.7 Å². The summed E-state index contributed by atoms with van der Waals surface area (Å²) in [5.74, 6) is 0.471. The zero-order valence-corrected chi connectivity index (χ0v) is 15.8. The fourth-order valence-corrected chi connectivity index (χ4v) is 3.31. The van der Waals surface area contributed by atoms with Gasteiger partial charge in [-0.2, -0.15) is 0 Å². The molecule has 2 aromatic carbocycles. The van der Waals surface area contributed by atoms with Gasteiger partial charge in [0.2, 0.25) is 0 Å². The van der Waals surface area contributed by atoms with Crippen molar-refractivity contribution < 1.29 is 18.7 Å². The molecule has 27 heavy (non-hydrogen) atoms. The van der Waals surface area contributed by atoms with E-state index in [1.807, 2.05) is 24.3 Å². The maximum atomic E-state index is 13.9. The Morgan fingerprint density at radius 3 is 2.48 bits per heavy atom. The lowest BCUT2D eigenvalue weighted by Crippen LogP contribution is -2.47. The van der Waals surface area contributed by atoms with E-state index >= 15 is 0 Å². The molecule has 0 aliphatic carbocycles. The van der Waals surface area contributed by atoms with Gasteiger partial charge < -0.3 is 14.4 Å². The van der Waals surface area contributed by atoms with Gasteiger partial charge in [-0.3, -0.25) is 9.69 Å². The Morgan fingerprint density at radius 1 is 1.07 bits per heavy atom. The molecular weight excluding hydrogens is 347 g/mol. The Morgan fingerprint density at radius 2 is 1.81 bits per heavy atom. The number of hydrogen-bond donors (Lipinski definition) is 0. The fraction of sp³-hybridized carbons (Fsp3) is 0.381. The Kier molecular flexibility index (Phi) is 6.29. The number of esters is 1. The van der Waals surface area contributed by atoms with Crippen molar-refractivity contribution in [2.75, 3.05) is 44.7 Å². The number of nitrogens with zero attached hydrogens (tertiary/aromatic N) is 2. The van der Waals surface area contributed by atoms with Crippen LogP contribution in [0.3, 0.4) is 0 Å². The van der Waals surface area contributed by atoms with E-state index in [9.17, 15) is 9.18 Å². The molecule has 0 saturated carbocycles. The number of halogens is 1. The van der Waals surface area contributed by atoms with Crippen molar-refractivity contribution in [2.24, 2.45) is 0 Å². The van der Waals surface area contributed by atoms with Crippen LogP contribution in [0.1, 0.15) is 12.5 Å². The largest absolute Gasteiger partial charge is 0.493 e. The van der Waals surface area contributed by atoms with E-state index in [0.29, 0.717) is 17.2 Å². The molecule has 0 radical (unpaired) electrons. The summed E-state index contributed by atoms with van der Waals surface area (Å²) in [5.41, 5.74) is 1.81. The molecule has 1 aliphatic rings. The summed E-state index contributed by atoms with van der Waals surface area (Å²) in [6.45, 7) is 5.72. The molecule has 1 heterocycles. The molecule has 1 saturated heterocycles. The first kappa shape index (κ1) is 19.2. The molecule has 2 aromatic rings. The van der Waals surface area contributed by atoms with Gasteiger partial charge in [0.15, 0.2) is 11.5 Å². The van der Waals surface area contributed by atoms with Crippen LogP contribution in [0.25, 0.3) is 0 Å². The molecule has 0 atom stereocenters. The number of methoxy groups -OCH3 is 1. The van der Waals surface area contributed by atoms with E-state index < -0.39 is 0 Å². The average Bonchev–Trinajstić information content (AvgIpc) is 2.67. The molecular formula is C21H25FN2O3. The van der Waals surface area contributed by atoms with Crippen LogP contribution in [0.4, 0.5) is 10.1 Å². The zero-order valence-electron chi connectivity index (χ0n) is 15.8. The Labute approximate surface area is 159 Å². The van der Waals surface area contributed by atoms with E-state index in [-0.39, 0.29) is 11.8 Å². The van der Waals surface area contributed by atoms with Crippen molar-refractivity contribution in [3.63, 3.8) is 0 Å². The molecule has 6 heteroatoms. The predicted molar refractivity (Wildman–Crippen MR) is 103 cm³/mol. The lowest BCUT2D eigenvalue weighted by atomic mass is 10.1. The second-order valence-electron chi connectivity index (χ2n) is 6.61. The van der Waals surface area contributed by atoms with Crippen molar-refractivity contribution in [1.82, 2.24) is 4.90 Å². The molecule has 0 spiro atoms. The molecule has 5 nitrogen and oxygen atoms in total. The van der Waals surface area contributed by atoms with Crippen LogP contribution in [0.2, 0.25) is 0 Å². The molecule has 0 bridgehead atoms. The quantitative estimate of drug-likeness (QED) is 0.576. The van der Waals surface area contributed by atoms with Crippen molar-refractivity contribution >= 4 is 11.7 Å². The number of hydrogen-bond acceptors (Lipinski definition) is 5. The molecule has 0 amide bonds. The second-order valence-corrected chi connectivity index (χ2v) is 6.61. The molecule has 1 fully saturated rings. The van der Waals surface area contributed by atoms with Crippen LogP contribution < -0.4 is 14.4 Å². The van der Waals surface area contributed by atoms with E-state index in [2.05, 4.69) is 9.80 Å². The van der Waals surface area contributed by atoms with E-state index in [4.69, 9.17) is 9.47 Å². The van der Waals surface area contributed by atoms with Gasteiger partial charge in [0.1, 0.15) is 5.82 Å². The first-order valence-corrected chi connectivity index (χ1v) is 9.14. The topological polar surface area (TPSA) is 42.0 Å². The minimum Gasteiger partial charge on any atom is -0.493 e. The minimum absolute atomic E-state index is 0.161. The van der Waals surface area contributed by atoms with Gasteiger partial charge in [0, 0.05) is 39.6 Å². The van der Waals surface area contributed by atoms with Gasteiger partial charge in [-0.1, -0.05) is 18.2 Å². The Bertz CT molecular complexity index is 789. The summed E-state index contributed by atoms with van der Waals surface area (Å²) in [5, 5.41) is 0. The third-order valence-corrected chi connectivity index (χ3v) is 4.76. The average molecular weight is 372 g/mol. The van der Waals surface area contributed by atoms with Crippen molar-refractivity contribution in [3.8, 4) is 11.5 Å².